The molecule has 21 heavy (non-hydrogen) atoms. The molecule has 2 aliphatic heterocycles. The number of urea groups is 1. The maximum Gasteiger partial charge on any atom is 0.322 e. The minimum absolute atomic E-state index is 0.112. The second-order valence-electron chi connectivity index (χ2n) is 5.50. The predicted octanol–water partition coefficient (Wildman–Crippen LogP) is 0.881. The molecule has 2 fully saturated rings. The van der Waals surface area contributed by atoms with Gasteiger partial charge in [0.05, 0.1) is 0 Å². The van der Waals surface area contributed by atoms with E-state index in [2.05, 4.69) is 16.0 Å². The van der Waals surface area contributed by atoms with Gasteiger partial charge in [-0.2, -0.15) is 11.3 Å². The third-order valence-electron chi connectivity index (χ3n) is 4.19. The molecule has 7 heteroatoms. The van der Waals surface area contributed by atoms with Gasteiger partial charge in [-0.3, -0.25) is 14.9 Å². The smallest absolute Gasteiger partial charge is 0.322 e. The van der Waals surface area contributed by atoms with Crippen LogP contribution in [0.25, 0.3) is 0 Å². The van der Waals surface area contributed by atoms with E-state index in [0.717, 1.165) is 6.42 Å². The first-order chi connectivity index (χ1) is 10.1. The van der Waals surface area contributed by atoms with Crippen molar-refractivity contribution in [2.24, 2.45) is 0 Å². The molecule has 3 rings (SSSR count). The van der Waals surface area contributed by atoms with Gasteiger partial charge in [0.15, 0.2) is 0 Å². The molecule has 0 aromatic carbocycles. The molecule has 6 nitrogen and oxygen atoms in total. The zero-order valence-corrected chi connectivity index (χ0v) is 12.4. The molecule has 1 aromatic rings. The Morgan fingerprint density at radius 2 is 2.10 bits per heavy atom. The number of hydrogen-bond donors (Lipinski definition) is 2. The molecule has 2 saturated heterocycles. The van der Waals surface area contributed by atoms with Gasteiger partial charge >= 0.3 is 6.03 Å². The molecule has 4 amide bonds. The molecule has 0 aliphatic carbocycles. The molecule has 1 aromatic heterocycles. The zero-order chi connectivity index (χ0) is 14.9. The average molecular weight is 307 g/mol. The Morgan fingerprint density at radius 1 is 1.33 bits per heavy atom. The van der Waals surface area contributed by atoms with Crippen molar-refractivity contribution in [3.05, 3.63) is 22.4 Å². The molecule has 0 unspecified atom stereocenters. The lowest BCUT2D eigenvalue weighted by Crippen LogP contribution is -2.55. The van der Waals surface area contributed by atoms with E-state index < -0.39 is 11.6 Å². The first-order valence-corrected chi connectivity index (χ1v) is 7.96. The fourth-order valence-corrected chi connectivity index (χ4v) is 3.57. The number of carbonyl (C=O) groups excluding carboxylic acids is 3. The Kier molecular flexibility index (Phi) is 3.67. The number of rotatable bonds is 3. The van der Waals surface area contributed by atoms with Crippen LogP contribution in [0.4, 0.5) is 4.79 Å². The summed E-state index contributed by atoms with van der Waals surface area (Å²) in [6.07, 6.45) is 2.20. The normalized spacial score (nSPS) is 20.5. The molecule has 2 aliphatic rings. The number of amides is 4. The van der Waals surface area contributed by atoms with Gasteiger partial charge in [0, 0.05) is 19.5 Å². The topological polar surface area (TPSA) is 78.5 Å². The SMILES string of the molecule is O=C1NC(=O)C2(CCN(C(=O)CCc3ccsc3)CC2)N1. The Bertz CT molecular complexity index is 562. The number of piperidine rings is 1. The summed E-state index contributed by atoms with van der Waals surface area (Å²) in [6.45, 7) is 1.02. The molecule has 2 N–H and O–H groups in total. The number of likely N-dealkylation sites (tertiary alicyclic amines) is 1. The Balaban J connectivity index is 1.52. The van der Waals surface area contributed by atoms with Crippen LogP contribution in [-0.4, -0.2) is 41.4 Å². The van der Waals surface area contributed by atoms with Crippen LogP contribution in [0.1, 0.15) is 24.8 Å². The van der Waals surface area contributed by atoms with Crippen LogP contribution >= 0.6 is 11.3 Å². The Morgan fingerprint density at radius 3 is 2.67 bits per heavy atom. The van der Waals surface area contributed by atoms with E-state index in [9.17, 15) is 14.4 Å². The lowest BCUT2D eigenvalue weighted by atomic mass is 9.87. The first-order valence-electron chi connectivity index (χ1n) is 7.01. The quantitative estimate of drug-likeness (QED) is 0.814. The van der Waals surface area contributed by atoms with Crippen LogP contribution in [-0.2, 0) is 16.0 Å². The van der Waals surface area contributed by atoms with Crippen LogP contribution in [0.15, 0.2) is 16.8 Å². The lowest BCUT2D eigenvalue weighted by molar-refractivity contribution is -0.135. The monoisotopic (exact) mass is 307 g/mol. The largest absolute Gasteiger partial charge is 0.342 e. The Labute approximate surface area is 126 Å². The van der Waals surface area contributed by atoms with Crippen molar-refractivity contribution in [1.82, 2.24) is 15.5 Å². The molecule has 0 atom stereocenters. The van der Waals surface area contributed by atoms with E-state index in [4.69, 9.17) is 0 Å². The molecular formula is C14H17N3O3S. The highest BCUT2D eigenvalue weighted by molar-refractivity contribution is 7.07. The van der Waals surface area contributed by atoms with Crippen molar-refractivity contribution >= 4 is 29.2 Å². The van der Waals surface area contributed by atoms with Crippen molar-refractivity contribution in [2.45, 2.75) is 31.2 Å². The fraction of sp³-hybridized carbons (Fsp3) is 0.500. The molecular weight excluding hydrogens is 290 g/mol. The van der Waals surface area contributed by atoms with Gasteiger partial charge in [-0.1, -0.05) is 0 Å². The van der Waals surface area contributed by atoms with E-state index in [1.807, 2.05) is 11.4 Å². The van der Waals surface area contributed by atoms with Crippen molar-refractivity contribution in [3.8, 4) is 0 Å². The van der Waals surface area contributed by atoms with E-state index in [-0.39, 0.29) is 11.8 Å². The fourth-order valence-electron chi connectivity index (χ4n) is 2.86. The van der Waals surface area contributed by atoms with Gasteiger partial charge in [-0.15, -0.1) is 0 Å². The number of thiophene rings is 1. The highest BCUT2D eigenvalue weighted by atomic mass is 32.1. The van der Waals surface area contributed by atoms with Gasteiger partial charge in [-0.25, -0.2) is 4.79 Å². The van der Waals surface area contributed by atoms with Crippen LogP contribution in [0.5, 0.6) is 0 Å². The summed E-state index contributed by atoms with van der Waals surface area (Å²) in [5.74, 6) is -0.154. The molecule has 0 bridgehead atoms. The van der Waals surface area contributed by atoms with Crippen molar-refractivity contribution in [1.29, 1.82) is 0 Å². The zero-order valence-electron chi connectivity index (χ0n) is 11.6. The molecule has 3 heterocycles. The van der Waals surface area contributed by atoms with Crippen LogP contribution in [0.3, 0.4) is 0 Å². The number of carbonyl (C=O) groups is 3. The van der Waals surface area contributed by atoms with Crippen LogP contribution in [0.2, 0.25) is 0 Å². The van der Waals surface area contributed by atoms with E-state index >= 15 is 0 Å². The van der Waals surface area contributed by atoms with Crippen LogP contribution in [0, 0.1) is 0 Å². The van der Waals surface area contributed by atoms with Crippen molar-refractivity contribution < 1.29 is 14.4 Å². The third kappa shape index (κ3) is 2.78. The second-order valence-corrected chi connectivity index (χ2v) is 6.28. The summed E-state index contributed by atoms with van der Waals surface area (Å²) in [5, 5.41) is 9.03. The number of hydrogen-bond acceptors (Lipinski definition) is 4. The minimum Gasteiger partial charge on any atom is -0.342 e. The molecule has 112 valence electrons. The maximum atomic E-state index is 12.2. The van der Waals surface area contributed by atoms with Gasteiger partial charge in [0.25, 0.3) is 5.91 Å². The van der Waals surface area contributed by atoms with Crippen molar-refractivity contribution in [3.63, 3.8) is 0 Å². The maximum absolute atomic E-state index is 12.2. The standard InChI is InChI=1S/C14H17N3O3S/c18-11(2-1-10-3-8-21-9-10)17-6-4-14(5-7-17)12(19)15-13(20)16-14/h3,8-9H,1-2,4-7H2,(H2,15,16,19,20). The average Bonchev–Trinajstić information content (AvgIpc) is 3.06. The third-order valence-corrected chi connectivity index (χ3v) is 4.92. The summed E-state index contributed by atoms with van der Waals surface area (Å²) in [6, 6.07) is 1.60. The summed E-state index contributed by atoms with van der Waals surface area (Å²) < 4.78 is 0. The second kappa shape index (κ2) is 5.48. The summed E-state index contributed by atoms with van der Waals surface area (Å²) in [7, 11) is 0. The van der Waals surface area contributed by atoms with E-state index in [0.29, 0.717) is 32.4 Å². The van der Waals surface area contributed by atoms with Crippen molar-refractivity contribution in [2.75, 3.05) is 13.1 Å². The van der Waals surface area contributed by atoms with Gasteiger partial charge in [0.1, 0.15) is 5.54 Å². The number of nitrogens with zero attached hydrogens (tertiary/aromatic N) is 1. The Hall–Kier alpha value is -1.89. The van der Waals surface area contributed by atoms with E-state index in [1.165, 1.54) is 5.56 Å². The van der Waals surface area contributed by atoms with E-state index in [1.54, 1.807) is 16.2 Å². The highest BCUT2D eigenvalue weighted by Gasteiger charge is 2.48. The number of aryl methyl sites for hydroxylation is 1. The minimum atomic E-state index is -0.804. The summed E-state index contributed by atoms with van der Waals surface area (Å²) in [5.41, 5.74) is 0.380. The predicted molar refractivity (Wildman–Crippen MR) is 77.9 cm³/mol. The number of imide groups is 1. The molecule has 1 spiro atoms. The van der Waals surface area contributed by atoms with Gasteiger partial charge < -0.3 is 10.2 Å². The summed E-state index contributed by atoms with van der Waals surface area (Å²) in [4.78, 5) is 37.0. The lowest BCUT2D eigenvalue weighted by Gasteiger charge is -2.37. The first kappa shape index (κ1) is 14.1. The molecule has 0 saturated carbocycles. The molecule has 0 radical (unpaired) electrons. The number of nitrogens with one attached hydrogen (secondary N) is 2. The van der Waals surface area contributed by atoms with Gasteiger partial charge in [0.2, 0.25) is 5.91 Å². The van der Waals surface area contributed by atoms with Gasteiger partial charge in [-0.05, 0) is 41.7 Å². The van der Waals surface area contributed by atoms with Crippen LogP contribution < -0.4 is 10.6 Å². The highest BCUT2D eigenvalue weighted by Crippen LogP contribution is 2.26. The summed E-state index contributed by atoms with van der Waals surface area (Å²) >= 11 is 1.63.